The van der Waals surface area contributed by atoms with Gasteiger partial charge < -0.3 is 11.5 Å². The number of hydrogen-bond acceptors (Lipinski definition) is 4. The van der Waals surface area contributed by atoms with Gasteiger partial charge in [-0.2, -0.15) is 0 Å². The molecule has 5 heteroatoms. The van der Waals surface area contributed by atoms with E-state index in [9.17, 15) is 8.42 Å². The van der Waals surface area contributed by atoms with E-state index in [0.717, 1.165) is 0 Å². The second-order valence-corrected chi connectivity index (χ2v) is 2.54. The van der Waals surface area contributed by atoms with Crippen molar-refractivity contribution >= 4 is 10.7 Å². The first-order valence-corrected chi connectivity index (χ1v) is 3.60. The summed E-state index contributed by atoms with van der Waals surface area (Å²) in [4.78, 5) is 0. The van der Waals surface area contributed by atoms with Crippen molar-refractivity contribution in [3.63, 3.8) is 0 Å². The molecule has 4 N–H and O–H groups in total. The van der Waals surface area contributed by atoms with Gasteiger partial charge in [0.25, 0.3) is 0 Å². The third-order valence-electron chi connectivity index (χ3n) is 0.686. The molecule has 0 aromatic rings. The Balaban J connectivity index is 3.39. The number of hydrogen-bond donors (Lipinski definition) is 3. The maximum absolute atomic E-state index is 9.87. The van der Waals surface area contributed by atoms with Gasteiger partial charge in [-0.15, -0.1) is 0 Å². The lowest BCUT2D eigenvalue weighted by Gasteiger charge is -1.99. The van der Waals surface area contributed by atoms with Crippen molar-refractivity contribution in [2.45, 2.75) is 6.04 Å². The van der Waals surface area contributed by atoms with E-state index in [1.54, 1.807) is 0 Å². The van der Waals surface area contributed by atoms with Crippen LogP contribution in [0, 0.1) is 0 Å². The van der Waals surface area contributed by atoms with Gasteiger partial charge >= 0.3 is 0 Å². The molecule has 0 aromatic heterocycles. The van der Waals surface area contributed by atoms with E-state index in [-0.39, 0.29) is 12.3 Å². The predicted molar refractivity (Wildman–Crippen MR) is 32.2 cm³/mol. The molecule has 0 spiro atoms. The SMILES string of the molecule is NCC(N)C[SH](=O)=O. The van der Waals surface area contributed by atoms with Crippen LogP contribution in [-0.2, 0) is 10.7 Å². The summed E-state index contributed by atoms with van der Waals surface area (Å²) in [6, 6.07) is -0.392. The van der Waals surface area contributed by atoms with E-state index in [2.05, 4.69) is 0 Å². The fraction of sp³-hybridized carbons (Fsp3) is 1.00. The molecule has 0 saturated heterocycles. The van der Waals surface area contributed by atoms with Crippen LogP contribution >= 0.6 is 0 Å². The average Bonchev–Trinajstić information content (AvgIpc) is 1.65. The Kier molecular flexibility index (Phi) is 3.76. The van der Waals surface area contributed by atoms with Gasteiger partial charge in [-0.1, -0.05) is 0 Å². The Morgan fingerprint density at radius 2 is 2.00 bits per heavy atom. The van der Waals surface area contributed by atoms with E-state index in [1.807, 2.05) is 0 Å². The third kappa shape index (κ3) is 4.04. The first-order chi connectivity index (χ1) is 3.66. The monoisotopic (exact) mass is 138 g/mol. The number of nitrogens with two attached hydrogens (primary N) is 2. The van der Waals surface area contributed by atoms with Crippen LogP contribution in [0.25, 0.3) is 0 Å². The van der Waals surface area contributed by atoms with Gasteiger partial charge in [0.05, 0.1) is 5.75 Å². The minimum atomic E-state index is -2.35. The van der Waals surface area contributed by atoms with E-state index < -0.39 is 16.7 Å². The van der Waals surface area contributed by atoms with Crippen molar-refractivity contribution in [3.05, 3.63) is 0 Å². The summed E-state index contributed by atoms with van der Waals surface area (Å²) in [5.41, 5.74) is 10.2. The zero-order valence-corrected chi connectivity index (χ0v) is 5.30. The highest BCUT2D eigenvalue weighted by Gasteiger charge is 1.97. The molecule has 0 saturated carbocycles. The van der Waals surface area contributed by atoms with Crippen LogP contribution in [-0.4, -0.2) is 26.8 Å². The summed E-state index contributed by atoms with van der Waals surface area (Å²) in [6.07, 6.45) is 0. The first kappa shape index (κ1) is 7.87. The summed E-state index contributed by atoms with van der Waals surface area (Å²) in [6.45, 7) is 0.226. The van der Waals surface area contributed by atoms with Gasteiger partial charge in [0.15, 0.2) is 0 Å². The van der Waals surface area contributed by atoms with Gasteiger partial charge in [0.1, 0.15) is 10.7 Å². The maximum atomic E-state index is 9.87. The topological polar surface area (TPSA) is 86.2 Å². The maximum Gasteiger partial charge on any atom is 0.141 e. The van der Waals surface area contributed by atoms with Crippen molar-refractivity contribution in [3.8, 4) is 0 Å². The molecule has 0 bridgehead atoms. The predicted octanol–water partition coefficient (Wildman–Crippen LogP) is -2.12. The second-order valence-electron chi connectivity index (χ2n) is 1.51. The van der Waals surface area contributed by atoms with E-state index in [4.69, 9.17) is 11.5 Å². The van der Waals surface area contributed by atoms with Gasteiger partial charge in [-0.3, -0.25) is 0 Å². The summed E-state index contributed by atoms with van der Waals surface area (Å²) in [5.74, 6) is -0.00810. The van der Waals surface area contributed by atoms with Crippen LogP contribution in [0.2, 0.25) is 0 Å². The molecule has 0 radical (unpaired) electrons. The molecule has 0 aromatic carbocycles. The molecule has 1 atom stereocenters. The molecule has 0 aliphatic heterocycles. The molecule has 0 aliphatic carbocycles. The Bertz CT molecular complexity index is 114. The zero-order chi connectivity index (χ0) is 6.57. The Morgan fingerprint density at radius 1 is 1.50 bits per heavy atom. The van der Waals surface area contributed by atoms with E-state index in [0.29, 0.717) is 0 Å². The minimum absolute atomic E-state index is 0.00810. The molecule has 50 valence electrons. The van der Waals surface area contributed by atoms with Crippen LogP contribution in [0.15, 0.2) is 0 Å². The van der Waals surface area contributed by atoms with Gasteiger partial charge in [0, 0.05) is 12.6 Å². The molecule has 1 unspecified atom stereocenters. The first-order valence-electron chi connectivity index (χ1n) is 2.24. The molecule has 0 aliphatic rings. The zero-order valence-electron chi connectivity index (χ0n) is 4.41. The minimum Gasteiger partial charge on any atom is -0.329 e. The van der Waals surface area contributed by atoms with Gasteiger partial charge in [-0.25, -0.2) is 8.42 Å². The molecule has 0 rings (SSSR count). The number of rotatable bonds is 3. The Hall–Kier alpha value is -0.130. The lowest BCUT2D eigenvalue weighted by atomic mass is 10.4. The summed E-state index contributed by atoms with van der Waals surface area (Å²) in [5, 5.41) is 0. The summed E-state index contributed by atoms with van der Waals surface area (Å²) >= 11 is 0. The van der Waals surface area contributed by atoms with Crippen molar-refractivity contribution in [1.29, 1.82) is 0 Å². The normalized spacial score (nSPS) is 14.4. The van der Waals surface area contributed by atoms with Crippen molar-refractivity contribution in [2.75, 3.05) is 12.3 Å². The van der Waals surface area contributed by atoms with Crippen LogP contribution in [0.1, 0.15) is 0 Å². The fourth-order valence-corrected chi connectivity index (χ4v) is 0.798. The average molecular weight is 138 g/mol. The Morgan fingerprint density at radius 3 is 2.12 bits per heavy atom. The Labute approximate surface area is 49.8 Å². The van der Waals surface area contributed by atoms with Gasteiger partial charge in [-0.05, 0) is 0 Å². The molecule has 8 heavy (non-hydrogen) atoms. The van der Waals surface area contributed by atoms with Crippen LogP contribution < -0.4 is 11.5 Å². The van der Waals surface area contributed by atoms with E-state index in [1.165, 1.54) is 0 Å². The van der Waals surface area contributed by atoms with Crippen molar-refractivity contribution < 1.29 is 8.42 Å². The molecule has 0 amide bonds. The second kappa shape index (κ2) is 3.82. The van der Waals surface area contributed by atoms with Gasteiger partial charge in [0.2, 0.25) is 0 Å². The molecule has 0 fully saturated rings. The standard InChI is InChI=1S/C3H10N2O2S/c4-1-3(5)2-8(6)7/h3,8H,1-2,4-5H2. The lowest BCUT2D eigenvalue weighted by molar-refractivity contribution is 0.605. The largest absolute Gasteiger partial charge is 0.329 e. The van der Waals surface area contributed by atoms with Crippen LogP contribution in [0.3, 0.4) is 0 Å². The summed E-state index contributed by atoms with van der Waals surface area (Å²) < 4.78 is 19.7. The smallest absolute Gasteiger partial charge is 0.141 e. The van der Waals surface area contributed by atoms with Crippen LogP contribution in [0.4, 0.5) is 0 Å². The summed E-state index contributed by atoms with van der Waals surface area (Å²) in [7, 11) is -2.35. The number of thiol groups is 1. The van der Waals surface area contributed by atoms with E-state index >= 15 is 0 Å². The lowest BCUT2D eigenvalue weighted by Crippen LogP contribution is -2.33. The quantitative estimate of drug-likeness (QED) is 0.389. The fourth-order valence-electron chi connectivity index (χ4n) is 0.266. The molecule has 4 nitrogen and oxygen atoms in total. The van der Waals surface area contributed by atoms with Crippen molar-refractivity contribution in [1.82, 2.24) is 0 Å². The molecule has 0 heterocycles. The highest BCUT2D eigenvalue weighted by atomic mass is 32.2. The van der Waals surface area contributed by atoms with Crippen LogP contribution in [0.5, 0.6) is 0 Å². The highest BCUT2D eigenvalue weighted by molar-refractivity contribution is 7.72. The molecular formula is C3H10N2O2S. The van der Waals surface area contributed by atoms with Crippen molar-refractivity contribution in [2.24, 2.45) is 11.5 Å². The third-order valence-corrected chi connectivity index (χ3v) is 1.45. The molecular weight excluding hydrogens is 128 g/mol. The highest BCUT2D eigenvalue weighted by Crippen LogP contribution is 1.72.